The zero-order valence-corrected chi connectivity index (χ0v) is 12.3. The van der Waals surface area contributed by atoms with E-state index in [1.807, 2.05) is 5.38 Å². The number of hydrogen-bond acceptors (Lipinski definition) is 4. The predicted octanol–water partition coefficient (Wildman–Crippen LogP) is 1.15. The largest absolute Gasteiger partial charge is 0.396 e. The molecule has 2 amide bonds. The fraction of sp³-hybridized carbons (Fsp3) is 0.571. The Hall–Kier alpha value is -1.40. The van der Waals surface area contributed by atoms with Crippen LogP contribution in [0.3, 0.4) is 0 Å². The third-order valence-corrected chi connectivity index (χ3v) is 4.59. The molecule has 1 aliphatic rings. The van der Waals surface area contributed by atoms with Crippen LogP contribution in [-0.2, 0) is 4.79 Å². The highest BCUT2D eigenvalue weighted by Gasteiger charge is 2.42. The van der Waals surface area contributed by atoms with E-state index in [2.05, 4.69) is 10.6 Å². The molecule has 0 bridgehead atoms. The Morgan fingerprint density at radius 3 is 2.80 bits per heavy atom. The van der Waals surface area contributed by atoms with Crippen LogP contribution in [0, 0.1) is 5.41 Å². The van der Waals surface area contributed by atoms with Crippen molar-refractivity contribution in [3.8, 4) is 0 Å². The maximum Gasteiger partial charge on any atom is 0.261 e. The first-order valence-electron chi connectivity index (χ1n) is 6.79. The highest BCUT2D eigenvalue weighted by molar-refractivity contribution is 7.12. The summed E-state index contributed by atoms with van der Waals surface area (Å²) in [6.45, 7) is 2.40. The van der Waals surface area contributed by atoms with Gasteiger partial charge in [0.1, 0.15) is 6.04 Å². The number of amides is 2. The van der Waals surface area contributed by atoms with Crippen molar-refractivity contribution < 1.29 is 14.7 Å². The molecule has 1 fully saturated rings. The molecule has 0 aliphatic heterocycles. The molecular formula is C14H20N2O3S. The van der Waals surface area contributed by atoms with E-state index < -0.39 is 6.04 Å². The van der Waals surface area contributed by atoms with E-state index in [1.54, 1.807) is 19.1 Å². The molecule has 2 rings (SSSR count). The van der Waals surface area contributed by atoms with Gasteiger partial charge < -0.3 is 15.7 Å². The third-order valence-electron chi connectivity index (χ3n) is 3.72. The molecule has 5 nitrogen and oxygen atoms in total. The van der Waals surface area contributed by atoms with Crippen LogP contribution >= 0.6 is 11.3 Å². The molecule has 1 aromatic rings. The topological polar surface area (TPSA) is 78.4 Å². The minimum atomic E-state index is -0.561. The number of hydrogen-bond donors (Lipinski definition) is 3. The summed E-state index contributed by atoms with van der Waals surface area (Å²) in [5, 5.41) is 16.3. The van der Waals surface area contributed by atoms with Gasteiger partial charge in [-0.3, -0.25) is 9.59 Å². The summed E-state index contributed by atoms with van der Waals surface area (Å²) in [5.74, 6) is -0.404. The van der Waals surface area contributed by atoms with Crippen LogP contribution in [0.2, 0.25) is 0 Å². The SMILES string of the molecule is CC(NC(=O)c1cccs1)C(=O)NCC1(CCO)CC1. The van der Waals surface area contributed by atoms with Crippen molar-refractivity contribution in [3.63, 3.8) is 0 Å². The summed E-state index contributed by atoms with van der Waals surface area (Å²) in [6.07, 6.45) is 2.82. The second kappa shape index (κ2) is 6.37. The van der Waals surface area contributed by atoms with Gasteiger partial charge in [0.05, 0.1) is 4.88 Å². The number of rotatable bonds is 7. The van der Waals surface area contributed by atoms with Crippen molar-refractivity contribution in [2.45, 2.75) is 32.2 Å². The lowest BCUT2D eigenvalue weighted by molar-refractivity contribution is -0.122. The molecule has 0 radical (unpaired) electrons. The van der Waals surface area contributed by atoms with Gasteiger partial charge in [0.15, 0.2) is 0 Å². The lowest BCUT2D eigenvalue weighted by Crippen LogP contribution is -2.46. The molecule has 0 saturated heterocycles. The first-order chi connectivity index (χ1) is 9.56. The molecule has 1 aliphatic carbocycles. The van der Waals surface area contributed by atoms with Crippen LogP contribution in [0.25, 0.3) is 0 Å². The van der Waals surface area contributed by atoms with Crippen LogP contribution in [0.5, 0.6) is 0 Å². The maximum absolute atomic E-state index is 11.9. The average molecular weight is 296 g/mol. The van der Waals surface area contributed by atoms with Crippen molar-refractivity contribution in [1.82, 2.24) is 10.6 Å². The highest BCUT2D eigenvalue weighted by Crippen LogP contribution is 2.47. The number of aliphatic hydroxyl groups is 1. The van der Waals surface area contributed by atoms with Gasteiger partial charge in [-0.05, 0) is 43.0 Å². The number of carbonyl (C=O) groups excluding carboxylic acids is 2. The number of thiophene rings is 1. The molecule has 110 valence electrons. The number of aliphatic hydroxyl groups excluding tert-OH is 1. The van der Waals surface area contributed by atoms with Crippen LogP contribution in [-0.4, -0.2) is 36.1 Å². The van der Waals surface area contributed by atoms with Crippen LogP contribution < -0.4 is 10.6 Å². The minimum Gasteiger partial charge on any atom is -0.396 e. The van der Waals surface area contributed by atoms with Gasteiger partial charge in [0.2, 0.25) is 5.91 Å². The molecule has 1 aromatic heterocycles. The van der Waals surface area contributed by atoms with Gasteiger partial charge in [-0.25, -0.2) is 0 Å². The fourth-order valence-electron chi connectivity index (χ4n) is 2.10. The lowest BCUT2D eigenvalue weighted by atomic mass is 10.0. The summed E-state index contributed by atoms with van der Waals surface area (Å²) in [5.41, 5.74) is 0.0852. The summed E-state index contributed by atoms with van der Waals surface area (Å²) < 4.78 is 0. The van der Waals surface area contributed by atoms with Gasteiger partial charge in [-0.2, -0.15) is 0 Å². The van der Waals surface area contributed by atoms with Crippen molar-refractivity contribution in [1.29, 1.82) is 0 Å². The Kier molecular flexibility index (Phi) is 4.77. The molecular weight excluding hydrogens is 276 g/mol. The van der Waals surface area contributed by atoms with E-state index in [1.165, 1.54) is 11.3 Å². The molecule has 1 saturated carbocycles. The van der Waals surface area contributed by atoms with E-state index >= 15 is 0 Å². The highest BCUT2D eigenvalue weighted by atomic mass is 32.1. The van der Waals surface area contributed by atoms with Gasteiger partial charge in [0, 0.05) is 13.2 Å². The van der Waals surface area contributed by atoms with Crippen molar-refractivity contribution in [3.05, 3.63) is 22.4 Å². The lowest BCUT2D eigenvalue weighted by Gasteiger charge is -2.18. The first-order valence-corrected chi connectivity index (χ1v) is 7.67. The smallest absolute Gasteiger partial charge is 0.261 e. The predicted molar refractivity (Wildman–Crippen MR) is 77.6 cm³/mol. The maximum atomic E-state index is 11.9. The first kappa shape index (κ1) is 15.0. The quantitative estimate of drug-likeness (QED) is 0.706. The summed E-state index contributed by atoms with van der Waals surface area (Å²) in [7, 11) is 0. The summed E-state index contributed by atoms with van der Waals surface area (Å²) in [6, 6.07) is 2.97. The van der Waals surface area contributed by atoms with Gasteiger partial charge in [0.25, 0.3) is 5.91 Å². The molecule has 1 heterocycles. The Bertz CT molecular complexity index is 469. The monoisotopic (exact) mass is 296 g/mol. The molecule has 6 heteroatoms. The summed E-state index contributed by atoms with van der Waals surface area (Å²) >= 11 is 1.35. The van der Waals surface area contributed by atoms with E-state index in [9.17, 15) is 9.59 Å². The Labute approximate surface area is 122 Å². The normalized spacial score (nSPS) is 17.3. The minimum absolute atomic E-state index is 0.0852. The molecule has 20 heavy (non-hydrogen) atoms. The molecule has 0 spiro atoms. The number of nitrogens with one attached hydrogen (secondary N) is 2. The molecule has 1 unspecified atom stereocenters. The zero-order chi connectivity index (χ0) is 14.6. The van der Waals surface area contributed by atoms with Crippen LogP contribution in [0.15, 0.2) is 17.5 Å². The zero-order valence-electron chi connectivity index (χ0n) is 11.5. The van der Waals surface area contributed by atoms with Crippen molar-refractivity contribution in [2.75, 3.05) is 13.2 Å². The van der Waals surface area contributed by atoms with E-state index in [0.29, 0.717) is 11.4 Å². The van der Waals surface area contributed by atoms with Crippen LogP contribution in [0.4, 0.5) is 0 Å². The number of carbonyl (C=O) groups is 2. The van der Waals surface area contributed by atoms with Gasteiger partial charge >= 0.3 is 0 Å². The Balaban J connectivity index is 1.76. The standard InChI is InChI=1S/C14H20N2O3S/c1-10(16-13(19)11-3-2-8-20-11)12(18)15-9-14(4-5-14)6-7-17/h2-3,8,10,17H,4-7,9H2,1H3,(H,15,18)(H,16,19). The molecule has 3 N–H and O–H groups in total. The van der Waals surface area contributed by atoms with Crippen LogP contribution in [0.1, 0.15) is 35.9 Å². The van der Waals surface area contributed by atoms with Gasteiger partial charge in [-0.15, -0.1) is 11.3 Å². The molecule has 1 atom stereocenters. The van der Waals surface area contributed by atoms with E-state index in [0.717, 1.165) is 19.3 Å². The summed E-state index contributed by atoms with van der Waals surface area (Å²) in [4.78, 5) is 24.4. The second-order valence-corrected chi connectivity index (χ2v) is 6.31. The third kappa shape index (κ3) is 3.80. The Morgan fingerprint density at radius 1 is 1.50 bits per heavy atom. The average Bonchev–Trinajstić information content (AvgIpc) is 2.97. The van der Waals surface area contributed by atoms with E-state index in [4.69, 9.17) is 5.11 Å². The second-order valence-electron chi connectivity index (χ2n) is 5.36. The Morgan fingerprint density at radius 2 is 2.25 bits per heavy atom. The van der Waals surface area contributed by atoms with Crippen molar-refractivity contribution in [2.24, 2.45) is 5.41 Å². The van der Waals surface area contributed by atoms with Gasteiger partial charge in [-0.1, -0.05) is 6.07 Å². The fourth-order valence-corrected chi connectivity index (χ4v) is 2.72. The molecule has 0 aromatic carbocycles. The van der Waals surface area contributed by atoms with E-state index in [-0.39, 0.29) is 23.8 Å². The van der Waals surface area contributed by atoms with Crippen molar-refractivity contribution >= 4 is 23.2 Å².